The average Bonchev–Trinajstić information content (AvgIpc) is 3.69. The van der Waals surface area contributed by atoms with Crippen LogP contribution in [0.2, 0.25) is 0 Å². The summed E-state index contributed by atoms with van der Waals surface area (Å²) in [5, 5.41) is 2.24. The van der Waals surface area contributed by atoms with Crippen LogP contribution < -0.4 is 9.30 Å². The standard InChI is InChI=1S/C48H49N5O/c1-31-39(48(8,9)10)23-33(47(5,6)7)24-43(31)52-30-51(41-17-13-14-18-42(41)52)34-26-36(29-49-28-34)54-35-19-20-38-37-15-11-12-16-40(37)53(44(38)27-35)45-25-32(21-22-50-45)46(2,3)4/h11-29H,1-10H3/i1D3. The summed E-state index contributed by atoms with van der Waals surface area (Å²) in [5.74, 6) is 2.06. The summed E-state index contributed by atoms with van der Waals surface area (Å²) in [6.07, 6.45) is 8.89. The number of fused-ring (bicyclic) bond motifs is 4. The van der Waals surface area contributed by atoms with Gasteiger partial charge in [0.25, 0.3) is 6.33 Å². The van der Waals surface area contributed by atoms with Crippen LogP contribution in [0.1, 0.15) is 88.7 Å². The van der Waals surface area contributed by atoms with Gasteiger partial charge in [0.2, 0.25) is 0 Å². The van der Waals surface area contributed by atoms with Crippen molar-refractivity contribution in [2.45, 2.75) is 85.4 Å². The van der Waals surface area contributed by atoms with Crippen LogP contribution in [0, 0.1) is 13.2 Å². The summed E-state index contributed by atoms with van der Waals surface area (Å²) in [4.78, 5) is 9.44. The van der Waals surface area contributed by atoms with E-state index < -0.39 is 12.3 Å². The van der Waals surface area contributed by atoms with Crippen molar-refractivity contribution in [1.29, 1.82) is 0 Å². The Morgan fingerprint density at radius 1 is 0.667 bits per heavy atom. The molecule has 0 amide bonds. The first-order chi connectivity index (χ1) is 26.8. The molecule has 6 heteroatoms. The first kappa shape index (κ1) is 31.7. The number of rotatable bonds is 5. The highest BCUT2D eigenvalue weighted by atomic mass is 16.5. The zero-order chi connectivity index (χ0) is 40.7. The summed E-state index contributed by atoms with van der Waals surface area (Å²) in [6, 6.07) is 32.8. The van der Waals surface area contributed by atoms with Gasteiger partial charge in [0.05, 0.1) is 39.6 Å². The van der Waals surface area contributed by atoms with Crippen molar-refractivity contribution in [3.8, 4) is 28.7 Å². The Hall–Kier alpha value is -5.75. The number of pyridine rings is 2. The van der Waals surface area contributed by atoms with Gasteiger partial charge in [-0.1, -0.05) is 111 Å². The molecule has 0 radical (unpaired) electrons. The molecule has 0 aliphatic heterocycles. The maximum absolute atomic E-state index is 8.77. The van der Waals surface area contributed by atoms with Crippen LogP contribution in [0.15, 0.2) is 116 Å². The normalized spacial score (nSPS) is 13.7. The van der Waals surface area contributed by atoms with E-state index >= 15 is 0 Å². The Morgan fingerprint density at radius 2 is 1.39 bits per heavy atom. The quantitative estimate of drug-likeness (QED) is 0.132. The highest BCUT2D eigenvalue weighted by Gasteiger charge is 2.25. The summed E-state index contributed by atoms with van der Waals surface area (Å²) >= 11 is 0. The molecule has 54 heavy (non-hydrogen) atoms. The van der Waals surface area contributed by atoms with Gasteiger partial charge in [0, 0.05) is 33.3 Å². The van der Waals surface area contributed by atoms with Crippen molar-refractivity contribution in [3.05, 3.63) is 144 Å². The van der Waals surface area contributed by atoms with E-state index in [0.29, 0.717) is 22.7 Å². The van der Waals surface area contributed by atoms with Gasteiger partial charge in [-0.05, 0) is 87.8 Å². The van der Waals surface area contributed by atoms with Crippen molar-refractivity contribution in [3.63, 3.8) is 0 Å². The van der Waals surface area contributed by atoms with Crippen LogP contribution in [-0.2, 0) is 16.2 Å². The second kappa shape index (κ2) is 12.7. The second-order valence-corrected chi connectivity index (χ2v) is 17.3. The average molecular weight is 715 g/mol. The van der Waals surface area contributed by atoms with E-state index in [4.69, 9.17) is 13.8 Å². The van der Waals surface area contributed by atoms with E-state index in [1.54, 1.807) is 12.4 Å². The number of hydrogen-bond donors (Lipinski definition) is 0. The third kappa shape index (κ3) is 6.23. The van der Waals surface area contributed by atoms with Gasteiger partial charge in [-0.2, -0.15) is 0 Å². The summed E-state index contributed by atoms with van der Waals surface area (Å²) in [7, 11) is 0. The lowest BCUT2D eigenvalue weighted by molar-refractivity contribution is -0.573. The molecule has 8 rings (SSSR count). The number of ether oxygens (including phenoxy) is 1. The molecule has 4 aromatic heterocycles. The topological polar surface area (TPSA) is 48.8 Å². The van der Waals surface area contributed by atoms with Gasteiger partial charge in [-0.25, -0.2) is 4.98 Å². The number of aromatic nitrogens is 5. The minimum absolute atomic E-state index is 0.0337. The third-order valence-corrected chi connectivity index (χ3v) is 10.3. The molecule has 0 bridgehead atoms. The van der Waals surface area contributed by atoms with Crippen molar-refractivity contribution >= 4 is 32.8 Å². The molecule has 0 spiro atoms. The monoisotopic (exact) mass is 714 g/mol. The van der Waals surface area contributed by atoms with E-state index in [1.165, 1.54) is 5.56 Å². The first-order valence-corrected chi connectivity index (χ1v) is 18.6. The number of imidazole rings is 1. The molecule has 0 saturated carbocycles. The summed E-state index contributed by atoms with van der Waals surface area (Å²) in [5.41, 5.74) is 7.75. The van der Waals surface area contributed by atoms with Crippen molar-refractivity contribution in [2.24, 2.45) is 0 Å². The highest BCUT2D eigenvalue weighted by molar-refractivity contribution is 6.09. The van der Waals surface area contributed by atoms with Gasteiger partial charge in [0.1, 0.15) is 17.3 Å². The number of nitrogens with zero attached hydrogens (tertiary/aromatic N) is 5. The van der Waals surface area contributed by atoms with Crippen LogP contribution in [0.4, 0.5) is 0 Å². The maximum atomic E-state index is 8.77. The number of hydrogen-bond acceptors (Lipinski definition) is 3. The van der Waals surface area contributed by atoms with Gasteiger partial charge in [0.15, 0.2) is 0 Å². The highest BCUT2D eigenvalue weighted by Crippen LogP contribution is 2.37. The van der Waals surface area contributed by atoms with Crippen LogP contribution in [0.25, 0.3) is 50.0 Å². The zero-order valence-electron chi connectivity index (χ0n) is 35.6. The minimum Gasteiger partial charge on any atom is -0.456 e. The number of para-hydroxylation sites is 3. The third-order valence-electron chi connectivity index (χ3n) is 10.3. The first-order valence-electron chi connectivity index (χ1n) is 20.1. The summed E-state index contributed by atoms with van der Waals surface area (Å²) < 4.78 is 38.9. The van der Waals surface area contributed by atoms with E-state index in [9.17, 15) is 0 Å². The van der Waals surface area contributed by atoms with Crippen LogP contribution in [-0.4, -0.2) is 19.1 Å². The van der Waals surface area contributed by atoms with Crippen molar-refractivity contribution in [2.75, 3.05) is 0 Å². The molecule has 4 heterocycles. The van der Waals surface area contributed by atoms with E-state index in [2.05, 4.69) is 133 Å². The van der Waals surface area contributed by atoms with E-state index in [1.807, 2.05) is 57.8 Å². The molecule has 6 nitrogen and oxygen atoms in total. The molecule has 0 atom stereocenters. The molecule has 0 N–H and O–H groups in total. The lowest BCUT2D eigenvalue weighted by Crippen LogP contribution is -2.33. The lowest BCUT2D eigenvalue weighted by atomic mass is 9.78. The fraction of sp³-hybridized carbons (Fsp3) is 0.271. The Bertz CT molecular complexity index is 2830. The molecule has 4 aromatic carbocycles. The molecule has 0 saturated heterocycles. The molecular formula is C48H49N5O. The van der Waals surface area contributed by atoms with Crippen LogP contribution in [0.3, 0.4) is 0 Å². The van der Waals surface area contributed by atoms with Gasteiger partial charge >= 0.3 is 0 Å². The minimum atomic E-state index is -2.37. The smallest absolute Gasteiger partial charge is 0.269 e. The molecule has 0 aliphatic rings. The van der Waals surface area contributed by atoms with Crippen molar-refractivity contribution in [1.82, 2.24) is 19.1 Å². The molecule has 272 valence electrons. The predicted molar refractivity (Wildman–Crippen MR) is 221 cm³/mol. The van der Waals surface area contributed by atoms with E-state index in [0.717, 1.165) is 55.5 Å². The molecule has 0 aliphatic carbocycles. The molecule has 8 aromatic rings. The fourth-order valence-electron chi connectivity index (χ4n) is 7.25. The van der Waals surface area contributed by atoms with Gasteiger partial charge in [-0.3, -0.25) is 18.7 Å². The second-order valence-electron chi connectivity index (χ2n) is 17.3. The van der Waals surface area contributed by atoms with Gasteiger partial charge in [-0.15, -0.1) is 0 Å². The molecule has 0 fully saturated rings. The van der Waals surface area contributed by atoms with Crippen LogP contribution in [0.5, 0.6) is 11.5 Å². The lowest BCUT2D eigenvalue weighted by Gasteiger charge is -2.29. The number of benzene rings is 4. The molecular weight excluding hydrogens is 663 g/mol. The SMILES string of the molecule is [2H]C([2H])([2H])c1c(-[n+]2[c-]n(-c3cncc(Oc4ccc5c6ccccc6n(-c6cc(C(C)(C)C)ccn6)c5c4)c3)c3ccccc32)cc(C(C)(C)C)cc1C(C)(C)C. The summed E-state index contributed by atoms with van der Waals surface area (Å²) in [6.45, 7) is 16.9. The Balaban J connectivity index is 1.25. The van der Waals surface area contributed by atoms with E-state index in [-0.39, 0.29) is 10.8 Å². The Labute approximate surface area is 322 Å². The van der Waals surface area contributed by atoms with Gasteiger partial charge < -0.3 is 4.74 Å². The predicted octanol–water partition coefficient (Wildman–Crippen LogP) is 11.6. The fourth-order valence-corrected chi connectivity index (χ4v) is 7.25. The Morgan fingerprint density at radius 3 is 2.13 bits per heavy atom. The zero-order valence-corrected chi connectivity index (χ0v) is 32.6. The maximum Gasteiger partial charge on any atom is 0.269 e. The van der Waals surface area contributed by atoms with Crippen molar-refractivity contribution < 1.29 is 13.4 Å². The Kier molecular flexibility index (Phi) is 7.46. The van der Waals surface area contributed by atoms with Crippen LogP contribution >= 0.6 is 0 Å². The largest absolute Gasteiger partial charge is 0.456 e. The molecule has 0 unspecified atom stereocenters.